The summed E-state index contributed by atoms with van der Waals surface area (Å²) >= 11 is 0. The molecule has 0 amide bonds. The molecule has 6 nitrogen and oxygen atoms in total. The highest BCUT2D eigenvalue weighted by atomic mass is 15.0. The third-order valence-corrected chi connectivity index (χ3v) is 6.33. The van der Waals surface area contributed by atoms with Crippen LogP contribution in [0.3, 0.4) is 0 Å². The smallest absolute Gasteiger partial charge is 0.159 e. The molecular formula is C31H28N6. The Hall–Kier alpha value is -4.71. The van der Waals surface area contributed by atoms with Gasteiger partial charge in [0.1, 0.15) is 12.2 Å². The lowest BCUT2D eigenvalue weighted by Gasteiger charge is -2.16. The quantitative estimate of drug-likeness (QED) is 0.226. The first-order chi connectivity index (χ1) is 18.2. The van der Waals surface area contributed by atoms with Gasteiger partial charge in [-0.2, -0.15) is 0 Å². The Morgan fingerprint density at radius 1 is 0.946 bits per heavy atom. The van der Waals surface area contributed by atoms with Crippen LogP contribution >= 0.6 is 0 Å². The predicted molar refractivity (Wildman–Crippen MR) is 156 cm³/mol. The van der Waals surface area contributed by atoms with E-state index in [1.807, 2.05) is 55.5 Å². The molecule has 1 N–H and O–H groups in total. The molecule has 4 aromatic rings. The molecule has 5 rings (SSSR count). The zero-order chi connectivity index (χ0) is 25.6. The monoisotopic (exact) mass is 484 g/mol. The molecule has 3 aromatic carbocycles. The molecule has 2 heterocycles. The number of benzene rings is 3. The number of hydrogen-bond acceptors (Lipinski definition) is 5. The Kier molecular flexibility index (Phi) is 7.08. The van der Waals surface area contributed by atoms with Crippen molar-refractivity contribution in [1.82, 2.24) is 9.97 Å². The summed E-state index contributed by atoms with van der Waals surface area (Å²) in [5, 5.41) is 4.63. The van der Waals surface area contributed by atoms with E-state index in [1.165, 1.54) is 17.5 Å². The molecule has 0 aliphatic carbocycles. The van der Waals surface area contributed by atoms with Crippen molar-refractivity contribution in [2.75, 3.05) is 18.4 Å². The van der Waals surface area contributed by atoms with Crippen LogP contribution in [-0.4, -0.2) is 41.8 Å². The zero-order valence-electron chi connectivity index (χ0n) is 21.0. The molecule has 1 aliphatic rings. The van der Waals surface area contributed by atoms with Gasteiger partial charge in [-0.1, -0.05) is 72.8 Å². The van der Waals surface area contributed by atoms with Gasteiger partial charge in [0.05, 0.1) is 23.2 Å². The second-order valence-corrected chi connectivity index (χ2v) is 8.86. The number of aromatic nitrogens is 2. The lowest BCUT2D eigenvalue weighted by Crippen LogP contribution is -2.15. The molecule has 0 saturated heterocycles. The van der Waals surface area contributed by atoms with Crippen molar-refractivity contribution in [2.24, 2.45) is 15.0 Å². The summed E-state index contributed by atoms with van der Waals surface area (Å²) in [4.78, 5) is 22.5. The van der Waals surface area contributed by atoms with Gasteiger partial charge in [0.15, 0.2) is 5.82 Å². The Morgan fingerprint density at radius 2 is 1.68 bits per heavy atom. The van der Waals surface area contributed by atoms with Crippen LogP contribution in [-0.2, 0) is 0 Å². The van der Waals surface area contributed by atoms with Crippen molar-refractivity contribution in [3.05, 3.63) is 108 Å². The first-order valence-corrected chi connectivity index (χ1v) is 12.2. The second kappa shape index (κ2) is 10.9. The molecule has 0 radical (unpaired) electrons. The number of fused-ring (bicyclic) bond motifs is 1. The largest absolute Gasteiger partial charge is 0.365 e. The van der Waals surface area contributed by atoms with E-state index in [1.54, 1.807) is 6.20 Å². The molecule has 37 heavy (non-hydrogen) atoms. The third kappa shape index (κ3) is 5.14. The van der Waals surface area contributed by atoms with E-state index >= 15 is 0 Å². The van der Waals surface area contributed by atoms with E-state index in [-0.39, 0.29) is 0 Å². The molecule has 0 atom stereocenters. The van der Waals surface area contributed by atoms with Gasteiger partial charge < -0.3 is 5.32 Å². The highest BCUT2D eigenvalue weighted by Gasteiger charge is 2.20. The van der Waals surface area contributed by atoms with Gasteiger partial charge in [-0.05, 0) is 48.9 Å². The lowest BCUT2D eigenvalue weighted by atomic mass is 9.99. The minimum atomic E-state index is 0.607. The summed E-state index contributed by atoms with van der Waals surface area (Å²) in [7, 11) is 0. The second-order valence-electron chi connectivity index (χ2n) is 8.86. The van der Waals surface area contributed by atoms with Crippen molar-refractivity contribution in [1.29, 1.82) is 0 Å². The number of nitrogens with one attached hydrogen (secondary N) is 1. The van der Waals surface area contributed by atoms with E-state index in [4.69, 9.17) is 15.0 Å². The van der Waals surface area contributed by atoms with Crippen molar-refractivity contribution in [2.45, 2.75) is 13.8 Å². The fourth-order valence-corrected chi connectivity index (χ4v) is 4.45. The van der Waals surface area contributed by atoms with Crippen molar-refractivity contribution < 1.29 is 0 Å². The molecule has 1 aromatic heterocycles. The Bertz CT molecular complexity index is 1560. The minimum Gasteiger partial charge on any atom is -0.365 e. The van der Waals surface area contributed by atoms with E-state index in [0.717, 1.165) is 44.7 Å². The van der Waals surface area contributed by atoms with Crippen molar-refractivity contribution in [3.63, 3.8) is 0 Å². The average Bonchev–Trinajstić information content (AvgIpc) is 3.32. The molecule has 0 unspecified atom stereocenters. The molecule has 182 valence electrons. The highest BCUT2D eigenvalue weighted by Crippen LogP contribution is 2.33. The van der Waals surface area contributed by atoms with Gasteiger partial charge >= 0.3 is 0 Å². The summed E-state index contributed by atoms with van der Waals surface area (Å²) in [6.07, 6.45) is 3.10. The molecule has 0 fully saturated rings. The molecule has 0 bridgehead atoms. The number of aliphatic imine (C=N–C) groups is 3. The van der Waals surface area contributed by atoms with Crippen LogP contribution in [0.15, 0.2) is 111 Å². The van der Waals surface area contributed by atoms with E-state index in [0.29, 0.717) is 18.9 Å². The van der Waals surface area contributed by atoms with Crippen molar-refractivity contribution in [3.8, 4) is 11.1 Å². The van der Waals surface area contributed by atoms with Crippen LogP contribution in [0.25, 0.3) is 27.6 Å². The Morgan fingerprint density at radius 3 is 2.41 bits per heavy atom. The number of anilines is 1. The van der Waals surface area contributed by atoms with Gasteiger partial charge in [0, 0.05) is 23.9 Å². The summed E-state index contributed by atoms with van der Waals surface area (Å²) in [6.45, 7) is 8.84. The summed E-state index contributed by atoms with van der Waals surface area (Å²) < 4.78 is 0. The maximum Gasteiger partial charge on any atom is 0.159 e. The fraction of sp³-hybridized carbons (Fsp3) is 0.129. The maximum atomic E-state index is 4.98. The fourth-order valence-electron chi connectivity index (χ4n) is 4.45. The first-order valence-electron chi connectivity index (χ1n) is 12.2. The molecular weight excluding hydrogens is 456 g/mol. The third-order valence-electron chi connectivity index (χ3n) is 6.33. The number of hydrogen-bond donors (Lipinski definition) is 1. The zero-order valence-corrected chi connectivity index (χ0v) is 21.0. The normalized spacial score (nSPS) is 13.9. The van der Waals surface area contributed by atoms with E-state index in [9.17, 15) is 0 Å². The summed E-state index contributed by atoms with van der Waals surface area (Å²) in [5.41, 5.74) is 8.51. The Balaban J connectivity index is 1.59. The van der Waals surface area contributed by atoms with Crippen molar-refractivity contribution >= 4 is 41.1 Å². The van der Waals surface area contributed by atoms with Crippen LogP contribution in [0, 0.1) is 0 Å². The minimum absolute atomic E-state index is 0.607. The van der Waals surface area contributed by atoms with Crippen LogP contribution in [0.1, 0.15) is 25.2 Å². The van der Waals surface area contributed by atoms with Crippen LogP contribution < -0.4 is 5.32 Å². The highest BCUT2D eigenvalue weighted by molar-refractivity contribution is 6.15. The summed E-state index contributed by atoms with van der Waals surface area (Å²) in [5.74, 6) is 1.38. The van der Waals surface area contributed by atoms with Crippen LogP contribution in [0.5, 0.6) is 0 Å². The summed E-state index contributed by atoms with van der Waals surface area (Å²) in [6, 6.07) is 26.8. The Labute approximate surface area is 217 Å². The number of nitrogens with zero attached hydrogens (tertiary/aromatic N) is 5. The molecule has 0 saturated carbocycles. The molecule has 0 spiro atoms. The van der Waals surface area contributed by atoms with Gasteiger partial charge in [0.2, 0.25) is 0 Å². The molecule has 6 heteroatoms. The number of rotatable bonds is 8. The van der Waals surface area contributed by atoms with Gasteiger partial charge in [0.25, 0.3) is 0 Å². The van der Waals surface area contributed by atoms with E-state index in [2.05, 4.69) is 59.3 Å². The average molecular weight is 485 g/mol. The van der Waals surface area contributed by atoms with E-state index < -0.39 is 0 Å². The van der Waals surface area contributed by atoms with Crippen LogP contribution in [0.4, 0.5) is 5.82 Å². The standard InChI is InChI=1S/C31H28N6/c1-21-18-34-29(24-13-8-5-9-14-24)26(21)19-35-31-28-25(23-11-6-4-7-12-23)15-10-16-27(28)36-30(37-31)22(2)17-33-20-32-3/h4-17,20H,3,18-19H2,1-2H3,(H,35,36,37)/b22-17+,33-20?. The lowest BCUT2D eigenvalue weighted by molar-refractivity contribution is 1.11. The maximum absolute atomic E-state index is 4.98. The topological polar surface area (TPSA) is 74.9 Å². The van der Waals surface area contributed by atoms with Crippen LogP contribution in [0.2, 0.25) is 0 Å². The molecule has 1 aliphatic heterocycles. The van der Waals surface area contributed by atoms with Gasteiger partial charge in [-0.15, -0.1) is 0 Å². The predicted octanol–water partition coefficient (Wildman–Crippen LogP) is 6.62. The number of allylic oxidation sites excluding steroid dienone is 1. The SMILES string of the molecule is C=NC=N/C=C(\C)c1nc(NCC2=C(C)CN=C2c2ccccc2)c2c(-c3ccccc3)cccc2n1. The first kappa shape index (κ1) is 24.0. The van der Waals surface area contributed by atoms with Gasteiger partial charge in [-0.3, -0.25) is 9.98 Å². The van der Waals surface area contributed by atoms with Gasteiger partial charge in [-0.25, -0.2) is 15.0 Å².